The lowest BCUT2D eigenvalue weighted by Gasteiger charge is -2.17. The van der Waals surface area contributed by atoms with Gasteiger partial charge in [-0.3, -0.25) is 9.59 Å². The summed E-state index contributed by atoms with van der Waals surface area (Å²) in [5.41, 5.74) is 0.669. The van der Waals surface area contributed by atoms with Gasteiger partial charge in [-0.2, -0.15) is 4.99 Å². The molecule has 2 aromatic rings. The second kappa shape index (κ2) is 7.25. The van der Waals surface area contributed by atoms with E-state index in [0.29, 0.717) is 15.0 Å². The summed E-state index contributed by atoms with van der Waals surface area (Å²) in [5.74, 6) is -1.00. The zero-order chi connectivity index (χ0) is 17.1. The van der Waals surface area contributed by atoms with Crippen molar-refractivity contribution in [2.24, 2.45) is 10.9 Å². The lowest BCUT2D eigenvalue weighted by atomic mass is 9.89. The number of hydrogen-bond donors (Lipinski definition) is 0. The molecule has 0 spiro atoms. The number of halogens is 1. The highest BCUT2D eigenvalue weighted by Gasteiger charge is 2.21. The van der Waals surface area contributed by atoms with Gasteiger partial charge in [0, 0.05) is 5.92 Å². The minimum absolute atomic E-state index is 0.0488. The van der Waals surface area contributed by atoms with Crippen LogP contribution in [0.25, 0.3) is 10.2 Å². The molecule has 0 aliphatic heterocycles. The van der Waals surface area contributed by atoms with E-state index in [1.807, 2.05) is 0 Å². The van der Waals surface area contributed by atoms with Crippen LogP contribution in [-0.4, -0.2) is 23.6 Å². The van der Waals surface area contributed by atoms with E-state index in [2.05, 4.69) is 4.99 Å². The first-order valence-electron chi connectivity index (χ1n) is 8.03. The Kier molecular flexibility index (Phi) is 5.08. The van der Waals surface area contributed by atoms with E-state index in [-0.39, 0.29) is 24.2 Å². The normalized spacial score (nSPS) is 16.5. The highest BCUT2D eigenvalue weighted by atomic mass is 32.1. The average molecular weight is 350 g/mol. The molecule has 1 heterocycles. The van der Waals surface area contributed by atoms with Gasteiger partial charge >= 0.3 is 5.97 Å². The summed E-state index contributed by atoms with van der Waals surface area (Å²) in [6.07, 6.45) is 4.98. The first-order valence-corrected chi connectivity index (χ1v) is 8.84. The zero-order valence-corrected chi connectivity index (χ0v) is 14.3. The average Bonchev–Trinajstić information content (AvgIpc) is 2.91. The lowest BCUT2D eigenvalue weighted by molar-refractivity contribution is -0.141. The first-order chi connectivity index (χ1) is 11.6. The molecule has 1 aliphatic rings. The second-order valence-electron chi connectivity index (χ2n) is 5.94. The van der Waals surface area contributed by atoms with Gasteiger partial charge in [0.15, 0.2) is 4.80 Å². The van der Waals surface area contributed by atoms with E-state index < -0.39 is 5.97 Å². The van der Waals surface area contributed by atoms with Crippen molar-refractivity contribution in [3.63, 3.8) is 0 Å². The third kappa shape index (κ3) is 3.56. The van der Waals surface area contributed by atoms with E-state index in [1.54, 1.807) is 10.6 Å². The number of methoxy groups -OCH3 is 1. The van der Waals surface area contributed by atoms with Crippen molar-refractivity contribution in [2.45, 2.75) is 38.6 Å². The van der Waals surface area contributed by atoms with Gasteiger partial charge in [-0.25, -0.2) is 4.39 Å². The molecule has 3 rings (SSSR count). The molecule has 24 heavy (non-hydrogen) atoms. The molecule has 5 nitrogen and oxygen atoms in total. The molecular weight excluding hydrogens is 331 g/mol. The molecule has 1 saturated carbocycles. The number of nitrogens with zero attached hydrogens (tertiary/aromatic N) is 2. The smallest absolute Gasteiger partial charge is 0.325 e. The van der Waals surface area contributed by atoms with Crippen LogP contribution in [0, 0.1) is 11.7 Å². The van der Waals surface area contributed by atoms with Crippen LogP contribution in [0.1, 0.15) is 32.1 Å². The molecule has 0 radical (unpaired) electrons. The summed E-state index contributed by atoms with van der Waals surface area (Å²) >= 11 is 1.21. The maximum atomic E-state index is 13.5. The molecule has 0 atom stereocenters. The fourth-order valence-electron chi connectivity index (χ4n) is 3.01. The van der Waals surface area contributed by atoms with Crippen molar-refractivity contribution in [3.05, 3.63) is 28.8 Å². The Morgan fingerprint density at radius 2 is 2.08 bits per heavy atom. The lowest BCUT2D eigenvalue weighted by Crippen LogP contribution is -2.24. The Hall–Kier alpha value is -2.02. The van der Waals surface area contributed by atoms with Crippen molar-refractivity contribution in [1.29, 1.82) is 0 Å². The molecule has 128 valence electrons. The van der Waals surface area contributed by atoms with Crippen molar-refractivity contribution < 1.29 is 18.7 Å². The van der Waals surface area contributed by atoms with E-state index in [0.717, 1.165) is 32.1 Å². The quantitative estimate of drug-likeness (QED) is 0.800. The van der Waals surface area contributed by atoms with Gasteiger partial charge in [-0.1, -0.05) is 30.6 Å². The fourth-order valence-corrected chi connectivity index (χ4v) is 4.07. The summed E-state index contributed by atoms with van der Waals surface area (Å²) < 4.78 is 20.4. The highest BCUT2D eigenvalue weighted by molar-refractivity contribution is 7.16. The Morgan fingerprint density at radius 3 is 2.79 bits per heavy atom. The fraction of sp³-hybridized carbons (Fsp3) is 0.471. The molecule has 0 saturated heterocycles. The van der Waals surface area contributed by atoms with Crippen molar-refractivity contribution in [2.75, 3.05) is 7.11 Å². The van der Waals surface area contributed by atoms with Crippen LogP contribution in [0.3, 0.4) is 0 Å². The van der Waals surface area contributed by atoms with Gasteiger partial charge < -0.3 is 9.30 Å². The number of benzene rings is 1. The second-order valence-corrected chi connectivity index (χ2v) is 6.95. The summed E-state index contributed by atoms with van der Waals surface area (Å²) in [6.45, 7) is -0.0566. The summed E-state index contributed by atoms with van der Waals surface area (Å²) in [4.78, 5) is 28.8. The van der Waals surface area contributed by atoms with Gasteiger partial charge in [0.1, 0.15) is 12.4 Å². The van der Waals surface area contributed by atoms with Crippen molar-refractivity contribution in [3.8, 4) is 0 Å². The van der Waals surface area contributed by atoms with Gasteiger partial charge in [-0.15, -0.1) is 0 Å². The van der Waals surface area contributed by atoms with Crippen LogP contribution in [0.2, 0.25) is 0 Å². The van der Waals surface area contributed by atoms with Gasteiger partial charge in [0.25, 0.3) is 5.91 Å². The molecule has 0 unspecified atom stereocenters. The monoisotopic (exact) mass is 350 g/mol. The summed E-state index contributed by atoms with van der Waals surface area (Å²) in [6, 6.07) is 4.31. The number of thiazole rings is 1. The Labute approximate surface area is 142 Å². The summed E-state index contributed by atoms with van der Waals surface area (Å²) in [7, 11) is 1.31. The van der Waals surface area contributed by atoms with Crippen LogP contribution in [0.5, 0.6) is 0 Å². The third-order valence-corrected chi connectivity index (χ3v) is 5.36. The Balaban J connectivity index is 2.04. The van der Waals surface area contributed by atoms with Gasteiger partial charge in [0.05, 0.1) is 17.3 Å². The molecule has 0 bridgehead atoms. The summed E-state index contributed by atoms with van der Waals surface area (Å²) in [5, 5.41) is 0. The molecule has 7 heteroatoms. The Bertz CT molecular complexity index is 834. The largest absolute Gasteiger partial charge is 0.468 e. The number of rotatable bonds is 3. The molecule has 1 fully saturated rings. The maximum absolute atomic E-state index is 13.5. The number of carbonyl (C=O) groups is 2. The first kappa shape index (κ1) is 16.8. The number of hydrogen-bond acceptors (Lipinski definition) is 4. The molecule has 1 amide bonds. The number of ether oxygens (including phenoxy) is 1. The van der Waals surface area contributed by atoms with Crippen LogP contribution in [0.15, 0.2) is 23.2 Å². The van der Waals surface area contributed by atoms with Gasteiger partial charge in [-0.05, 0) is 31.0 Å². The predicted octanol–water partition coefficient (Wildman–Crippen LogP) is 3.02. The maximum Gasteiger partial charge on any atom is 0.325 e. The molecule has 0 N–H and O–H groups in total. The molecular formula is C17H19FN2O3S. The van der Waals surface area contributed by atoms with Crippen molar-refractivity contribution in [1.82, 2.24) is 4.57 Å². The van der Waals surface area contributed by atoms with E-state index in [9.17, 15) is 14.0 Å². The van der Waals surface area contributed by atoms with Gasteiger partial charge in [0.2, 0.25) is 0 Å². The number of esters is 1. The minimum Gasteiger partial charge on any atom is -0.468 e. The van der Waals surface area contributed by atoms with Crippen LogP contribution in [-0.2, 0) is 20.9 Å². The number of amides is 1. The molecule has 1 aromatic carbocycles. The number of carbonyl (C=O) groups excluding carboxylic acids is 2. The SMILES string of the molecule is COC(=O)Cn1c(=NC(=O)C2CCCCC2)sc2cc(F)ccc21. The standard InChI is InChI=1S/C17H19FN2O3S/c1-23-15(21)10-20-13-8-7-12(18)9-14(13)24-17(20)19-16(22)11-5-3-2-4-6-11/h7-9,11H,2-6,10H2,1H3. The predicted molar refractivity (Wildman–Crippen MR) is 88.9 cm³/mol. The van der Waals surface area contributed by atoms with E-state index >= 15 is 0 Å². The molecule has 1 aliphatic carbocycles. The zero-order valence-electron chi connectivity index (χ0n) is 13.5. The van der Waals surface area contributed by atoms with E-state index in [1.165, 1.54) is 30.6 Å². The van der Waals surface area contributed by atoms with Crippen LogP contribution < -0.4 is 4.80 Å². The minimum atomic E-state index is -0.439. The molecule has 1 aromatic heterocycles. The topological polar surface area (TPSA) is 60.7 Å². The Morgan fingerprint density at radius 1 is 1.33 bits per heavy atom. The number of aromatic nitrogens is 1. The van der Waals surface area contributed by atoms with Crippen molar-refractivity contribution >= 4 is 33.4 Å². The third-order valence-electron chi connectivity index (χ3n) is 4.32. The van der Waals surface area contributed by atoms with Crippen LogP contribution >= 0.6 is 11.3 Å². The van der Waals surface area contributed by atoms with E-state index in [4.69, 9.17) is 4.74 Å². The highest BCUT2D eigenvalue weighted by Crippen LogP contribution is 2.25. The number of fused-ring (bicyclic) bond motifs is 1. The van der Waals surface area contributed by atoms with Crippen LogP contribution in [0.4, 0.5) is 4.39 Å².